The van der Waals surface area contributed by atoms with E-state index in [9.17, 15) is 4.79 Å². The SMILES string of the molecule is COC(=O)c1ccccc1NC(=S)N1CCc2c([nH]c3ccccc23)C1. The molecule has 3 aromatic rings. The number of carbonyl (C=O) groups excluding carboxylic acids is 1. The maximum Gasteiger partial charge on any atom is 0.339 e. The summed E-state index contributed by atoms with van der Waals surface area (Å²) in [6.07, 6.45) is 0.930. The van der Waals surface area contributed by atoms with Crippen LogP contribution in [0.3, 0.4) is 0 Å². The number of carbonyl (C=O) groups is 1. The maximum absolute atomic E-state index is 11.9. The van der Waals surface area contributed by atoms with E-state index >= 15 is 0 Å². The number of hydrogen-bond acceptors (Lipinski definition) is 3. The van der Waals surface area contributed by atoms with Gasteiger partial charge in [0, 0.05) is 23.1 Å². The molecule has 0 spiro atoms. The van der Waals surface area contributed by atoms with E-state index in [1.165, 1.54) is 23.8 Å². The highest BCUT2D eigenvalue weighted by molar-refractivity contribution is 7.80. The Morgan fingerprint density at radius 2 is 1.96 bits per heavy atom. The number of nitrogens with one attached hydrogen (secondary N) is 2. The van der Waals surface area contributed by atoms with Crippen molar-refractivity contribution in [3.63, 3.8) is 0 Å². The summed E-state index contributed by atoms with van der Waals surface area (Å²) in [5.41, 5.74) is 4.86. The summed E-state index contributed by atoms with van der Waals surface area (Å²) >= 11 is 5.60. The highest BCUT2D eigenvalue weighted by atomic mass is 32.1. The number of thiocarbonyl (C=S) groups is 1. The predicted octanol–water partition coefficient (Wildman–Crippen LogP) is 3.71. The molecule has 0 aliphatic carbocycles. The van der Waals surface area contributed by atoms with E-state index in [1.54, 1.807) is 12.1 Å². The van der Waals surface area contributed by atoms with E-state index < -0.39 is 0 Å². The quantitative estimate of drug-likeness (QED) is 0.536. The van der Waals surface area contributed by atoms with Gasteiger partial charge in [-0.15, -0.1) is 0 Å². The number of benzene rings is 2. The van der Waals surface area contributed by atoms with Crippen LogP contribution in [0.2, 0.25) is 0 Å². The Kier molecular flexibility index (Phi) is 4.34. The fourth-order valence-corrected chi connectivity index (χ4v) is 3.71. The molecule has 0 saturated heterocycles. The number of rotatable bonds is 2. The van der Waals surface area contributed by atoms with Gasteiger partial charge in [0.1, 0.15) is 0 Å². The number of para-hydroxylation sites is 2. The van der Waals surface area contributed by atoms with Crippen molar-refractivity contribution in [2.75, 3.05) is 19.0 Å². The molecular weight excluding hydrogens is 346 g/mol. The number of esters is 1. The molecule has 26 heavy (non-hydrogen) atoms. The normalized spacial score (nSPS) is 13.3. The second kappa shape index (κ2) is 6.80. The summed E-state index contributed by atoms with van der Waals surface area (Å²) in [6, 6.07) is 15.6. The molecule has 2 N–H and O–H groups in total. The Morgan fingerprint density at radius 1 is 1.19 bits per heavy atom. The van der Waals surface area contributed by atoms with Crippen LogP contribution in [0.25, 0.3) is 10.9 Å². The molecule has 2 aromatic carbocycles. The zero-order valence-corrected chi connectivity index (χ0v) is 15.2. The van der Waals surface area contributed by atoms with Crippen molar-refractivity contribution in [3.8, 4) is 0 Å². The fourth-order valence-electron chi connectivity index (χ4n) is 3.44. The van der Waals surface area contributed by atoms with Crippen molar-refractivity contribution in [3.05, 3.63) is 65.4 Å². The highest BCUT2D eigenvalue weighted by Gasteiger charge is 2.23. The number of fused-ring (bicyclic) bond motifs is 3. The molecule has 6 heteroatoms. The molecule has 1 aliphatic heterocycles. The molecular formula is C20H19N3O2S. The van der Waals surface area contributed by atoms with E-state index in [0.29, 0.717) is 16.4 Å². The van der Waals surface area contributed by atoms with Crippen LogP contribution < -0.4 is 5.32 Å². The minimum absolute atomic E-state index is 0.382. The minimum atomic E-state index is -0.382. The Bertz CT molecular complexity index is 996. The molecule has 132 valence electrons. The van der Waals surface area contributed by atoms with E-state index in [0.717, 1.165) is 25.0 Å². The third-order valence-electron chi connectivity index (χ3n) is 4.74. The molecule has 0 amide bonds. The highest BCUT2D eigenvalue weighted by Crippen LogP contribution is 2.28. The summed E-state index contributed by atoms with van der Waals surface area (Å²) in [5.74, 6) is -0.382. The Morgan fingerprint density at radius 3 is 2.81 bits per heavy atom. The predicted molar refractivity (Wildman–Crippen MR) is 106 cm³/mol. The summed E-state index contributed by atoms with van der Waals surface area (Å²) in [5, 5.41) is 5.09. The van der Waals surface area contributed by atoms with Crippen molar-refractivity contribution >= 4 is 39.9 Å². The number of aromatic amines is 1. The lowest BCUT2D eigenvalue weighted by molar-refractivity contribution is 0.0602. The van der Waals surface area contributed by atoms with Gasteiger partial charge in [0.25, 0.3) is 0 Å². The van der Waals surface area contributed by atoms with Crippen LogP contribution in [-0.2, 0) is 17.7 Å². The topological polar surface area (TPSA) is 57.4 Å². The van der Waals surface area contributed by atoms with Crippen molar-refractivity contribution < 1.29 is 9.53 Å². The van der Waals surface area contributed by atoms with Gasteiger partial charge >= 0.3 is 5.97 Å². The van der Waals surface area contributed by atoms with Crippen LogP contribution in [0.5, 0.6) is 0 Å². The lowest BCUT2D eigenvalue weighted by Gasteiger charge is -2.30. The third-order valence-corrected chi connectivity index (χ3v) is 5.10. The zero-order chi connectivity index (χ0) is 18.1. The molecule has 1 aromatic heterocycles. The Labute approximate surface area is 157 Å². The molecule has 0 saturated carbocycles. The van der Waals surface area contributed by atoms with Gasteiger partial charge in [-0.2, -0.15) is 0 Å². The summed E-state index contributed by atoms with van der Waals surface area (Å²) < 4.78 is 4.84. The van der Waals surface area contributed by atoms with Gasteiger partial charge < -0.3 is 19.9 Å². The van der Waals surface area contributed by atoms with Crippen LogP contribution in [0.4, 0.5) is 5.69 Å². The molecule has 0 unspecified atom stereocenters. The number of H-pyrrole nitrogens is 1. The molecule has 1 aliphatic rings. The number of anilines is 1. The summed E-state index contributed by atoms with van der Waals surface area (Å²) in [6.45, 7) is 1.55. The van der Waals surface area contributed by atoms with E-state index in [-0.39, 0.29) is 5.97 Å². The van der Waals surface area contributed by atoms with Crippen LogP contribution >= 0.6 is 12.2 Å². The Hall–Kier alpha value is -2.86. The van der Waals surface area contributed by atoms with Crippen LogP contribution in [-0.4, -0.2) is 34.6 Å². The van der Waals surface area contributed by atoms with Crippen molar-refractivity contribution in [1.29, 1.82) is 0 Å². The van der Waals surface area contributed by atoms with Gasteiger partial charge in [0.2, 0.25) is 0 Å². The number of aromatic nitrogens is 1. The number of hydrogen-bond donors (Lipinski definition) is 2. The van der Waals surface area contributed by atoms with Crippen LogP contribution in [0, 0.1) is 0 Å². The average molecular weight is 365 g/mol. The standard InChI is InChI=1S/C20H19N3O2S/c1-25-19(24)15-7-3-5-9-17(15)22-20(26)23-11-10-14-13-6-2-4-8-16(13)21-18(14)12-23/h2-9,21H,10-12H2,1H3,(H,22,26). The average Bonchev–Trinajstić information content (AvgIpc) is 3.05. The fraction of sp³-hybridized carbons (Fsp3) is 0.200. The first-order chi connectivity index (χ1) is 12.7. The number of ether oxygens (including phenoxy) is 1. The van der Waals surface area contributed by atoms with Gasteiger partial charge in [-0.1, -0.05) is 30.3 Å². The number of methoxy groups -OCH3 is 1. The van der Waals surface area contributed by atoms with Gasteiger partial charge in [-0.3, -0.25) is 0 Å². The minimum Gasteiger partial charge on any atom is -0.465 e. The van der Waals surface area contributed by atoms with Crippen LogP contribution in [0.1, 0.15) is 21.6 Å². The first kappa shape index (κ1) is 16.6. The second-order valence-electron chi connectivity index (χ2n) is 6.27. The first-order valence-electron chi connectivity index (χ1n) is 8.49. The Balaban J connectivity index is 1.55. The number of nitrogens with zero attached hydrogens (tertiary/aromatic N) is 1. The van der Waals surface area contributed by atoms with Gasteiger partial charge in [0.05, 0.1) is 24.9 Å². The van der Waals surface area contributed by atoms with Crippen molar-refractivity contribution in [2.24, 2.45) is 0 Å². The lowest BCUT2D eigenvalue weighted by atomic mass is 10.0. The smallest absolute Gasteiger partial charge is 0.339 e. The molecule has 4 rings (SSSR count). The van der Waals surface area contributed by atoms with Crippen molar-refractivity contribution in [2.45, 2.75) is 13.0 Å². The summed E-state index contributed by atoms with van der Waals surface area (Å²) in [7, 11) is 1.37. The molecule has 0 bridgehead atoms. The lowest BCUT2D eigenvalue weighted by Crippen LogP contribution is -2.38. The molecule has 2 heterocycles. The van der Waals surface area contributed by atoms with E-state index in [2.05, 4.69) is 33.4 Å². The largest absolute Gasteiger partial charge is 0.465 e. The third kappa shape index (κ3) is 2.93. The van der Waals surface area contributed by atoms with Gasteiger partial charge in [-0.05, 0) is 42.4 Å². The van der Waals surface area contributed by atoms with Gasteiger partial charge in [0.15, 0.2) is 5.11 Å². The van der Waals surface area contributed by atoms with Crippen molar-refractivity contribution in [1.82, 2.24) is 9.88 Å². The van der Waals surface area contributed by atoms with Crippen LogP contribution in [0.15, 0.2) is 48.5 Å². The maximum atomic E-state index is 11.9. The molecule has 0 radical (unpaired) electrons. The summed E-state index contributed by atoms with van der Waals surface area (Å²) in [4.78, 5) is 17.5. The molecule has 0 fully saturated rings. The van der Waals surface area contributed by atoms with Gasteiger partial charge in [-0.25, -0.2) is 4.79 Å². The van der Waals surface area contributed by atoms with E-state index in [1.807, 2.05) is 18.2 Å². The molecule has 5 nitrogen and oxygen atoms in total. The zero-order valence-electron chi connectivity index (χ0n) is 14.4. The van der Waals surface area contributed by atoms with E-state index in [4.69, 9.17) is 17.0 Å². The monoisotopic (exact) mass is 365 g/mol. The molecule has 0 atom stereocenters. The first-order valence-corrected chi connectivity index (χ1v) is 8.90. The second-order valence-corrected chi connectivity index (χ2v) is 6.65.